The van der Waals surface area contributed by atoms with Crippen molar-refractivity contribution < 1.29 is 4.42 Å². The summed E-state index contributed by atoms with van der Waals surface area (Å²) >= 11 is 0. The first kappa shape index (κ1) is 41.7. The van der Waals surface area contributed by atoms with Gasteiger partial charge in [0.05, 0.1) is 17.1 Å². The number of nitrogens with zero attached hydrogens (tertiary/aromatic N) is 1. The first-order valence-corrected chi connectivity index (χ1v) is 24.9. The van der Waals surface area contributed by atoms with Crippen LogP contribution in [-0.2, 0) is 10.8 Å². The Hall–Kier alpha value is -9.24. The summed E-state index contributed by atoms with van der Waals surface area (Å²) in [6.45, 7) is 0. The van der Waals surface area contributed by atoms with Crippen molar-refractivity contribution in [3.63, 3.8) is 0 Å². The van der Waals surface area contributed by atoms with Gasteiger partial charge in [0.1, 0.15) is 5.58 Å². The van der Waals surface area contributed by atoms with E-state index in [1.807, 2.05) is 6.07 Å². The first-order valence-electron chi connectivity index (χ1n) is 24.9. The lowest BCUT2D eigenvalue weighted by Gasteiger charge is -2.34. The maximum absolute atomic E-state index is 5.68. The predicted molar refractivity (Wildman–Crippen MR) is 296 cm³/mol. The Labute approximate surface area is 420 Å². The van der Waals surface area contributed by atoms with Crippen molar-refractivity contribution in [1.29, 1.82) is 0 Å². The number of rotatable bonds is 9. The van der Waals surface area contributed by atoms with Gasteiger partial charge in [-0.1, -0.05) is 218 Å². The molecule has 1 aromatic heterocycles. The molecule has 2 aliphatic rings. The van der Waals surface area contributed by atoms with Crippen LogP contribution in [0.25, 0.3) is 55.5 Å². The minimum absolute atomic E-state index is 0.433. The maximum atomic E-state index is 5.68. The molecular weight excluding hydrogens is 871 g/mol. The topological polar surface area (TPSA) is 16.4 Å². The second kappa shape index (κ2) is 16.7. The summed E-state index contributed by atoms with van der Waals surface area (Å²) < 4.78 is 5.68. The monoisotopic (exact) mass is 917 g/mol. The third-order valence-corrected chi connectivity index (χ3v) is 15.5. The van der Waals surface area contributed by atoms with Crippen LogP contribution >= 0.6 is 0 Å². The van der Waals surface area contributed by atoms with Gasteiger partial charge in [0, 0.05) is 22.4 Å². The minimum Gasteiger partial charge on any atom is -0.464 e. The van der Waals surface area contributed by atoms with Gasteiger partial charge in [-0.05, 0) is 150 Å². The van der Waals surface area contributed by atoms with Crippen LogP contribution in [0.1, 0.15) is 44.5 Å². The fourth-order valence-electron chi connectivity index (χ4n) is 12.4. The number of furan rings is 1. The largest absolute Gasteiger partial charge is 0.464 e. The highest BCUT2D eigenvalue weighted by molar-refractivity contribution is 5.92. The van der Waals surface area contributed by atoms with Crippen molar-refractivity contribution >= 4 is 28.0 Å². The standard InChI is InChI=1S/C70H47NO/c1-5-17-53(18-6-1)69(54-19-7-2-8-20-54)64-27-15-13-25-60(64)62-46-51(33-40-66(62)69)49-31-37-58(38-32-49)71(57-35-29-48(30-36-57)50-34-42-68-52(45-50)43-44-72-68)59-39-41-67-63(47-59)61-26-14-16-28-65(61)70(67,55-21-9-3-10-22-55)56-23-11-4-12-24-56/h1-47H. The molecule has 0 amide bonds. The second-order valence-corrected chi connectivity index (χ2v) is 19.1. The molecule has 11 aromatic carbocycles. The van der Waals surface area contributed by atoms with Gasteiger partial charge in [0.2, 0.25) is 0 Å². The van der Waals surface area contributed by atoms with Crippen molar-refractivity contribution in [2.75, 3.05) is 4.90 Å². The van der Waals surface area contributed by atoms with Gasteiger partial charge in [-0.15, -0.1) is 0 Å². The van der Waals surface area contributed by atoms with Crippen LogP contribution in [-0.4, -0.2) is 0 Å². The van der Waals surface area contributed by atoms with Crippen molar-refractivity contribution in [1.82, 2.24) is 0 Å². The molecule has 2 heteroatoms. The van der Waals surface area contributed by atoms with E-state index in [1.54, 1.807) is 6.26 Å². The van der Waals surface area contributed by atoms with E-state index in [0.717, 1.165) is 39.2 Å². The molecule has 0 saturated carbocycles. The van der Waals surface area contributed by atoms with Crippen LogP contribution in [0.3, 0.4) is 0 Å². The molecule has 0 bridgehead atoms. The number of hydrogen-bond acceptors (Lipinski definition) is 2. The molecule has 0 fully saturated rings. The lowest BCUT2D eigenvalue weighted by molar-refractivity contribution is 0.616. The summed E-state index contributed by atoms with van der Waals surface area (Å²) in [7, 11) is 0. The molecule has 0 radical (unpaired) electrons. The van der Waals surface area contributed by atoms with Crippen LogP contribution in [0.4, 0.5) is 17.1 Å². The Morgan fingerprint density at radius 1 is 0.264 bits per heavy atom. The van der Waals surface area contributed by atoms with E-state index in [4.69, 9.17) is 4.42 Å². The van der Waals surface area contributed by atoms with E-state index in [9.17, 15) is 0 Å². The molecule has 0 saturated heterocycles. The fourth-order valence-corrected chi connectivity index (χ4v) is 12.4. The molecule has 72 heavy (non-hydrogen) atoms. The summed E-state index contributed by atoms with van der Waals surface area (Å²) in [4.78, 5) is 2.41. The molecular formula is C70H47NO. The Bertz CT molecular complexity index is 3870. The first-order chi connectivity index (χ1) is 35.7. The van der Waals surface area contributed by atoms with Gasteiger partial charge in [0.15, 0.2) is 0 Å². The summed E-state index contributed by atoms with van der Waals surface area (Å²) in [5.41, 5.74) is 23.2. The number of fused-ring (bicyclic) bond motifs is 7. The maximum Gasteiger partial charge on any atom is 0.133 e. The second-order valence-electron chi connectivity index (χ2n) is 19.1. The Morgan fingerprint density at radius 2 is 0.639 bits per heavy atom. The molecule has 0 spiro atoms. The zero-order valence-electron chi connectivity index (χ0n) is 39.5. The molecule has 0 unspecified atom stereocenters. The molecule has 0 aliphatic heterocycles. The molecule has 1 heterocycles. The SMILES string of the molecule is c1ccc(C2(c3ccccc3)c3ccccc3-c3cc(-c4ccc(N(c5ccc(-c6ccc7occc7c6)cc5)c5ccc6c(c5)-c5ccccc5C6(c5ccccc5)c5ccccc5)cc4)ccc32)cc1. The normalized spacial score (nSPS) is 13.5. The molecule has 2 aliphatic carbocycles. The van der Waals surface area contributed by atoms with Gasteiger partial charge in [-0.2, -0.15) is 0 Å². The van der Waals surface area contributed by atoms with Crippen LogP contribution in [0.15, 0.2) is 290 Å². The van der Waals surface area contributed by atoms with E-state index >= 15 is 0 Å². The van der Waals surface area contributed by atoms with E-state index in [-0.39, 0.29) is 0 Å². The highest BCUT2D eigenvalue weighted by atomic mass is 16.3. The van der Waals surface area contributed by atoms with Crippen molar-refractivity contribution in [3.8, 4) is 44.5 Å². The van der Waals surface area contributed by atoms with Crippen molar-refractivity contribution in [2.45, 2.75) is 10.8 Å². The van der Waals surface area contributed by atoms with E-state index in [0.29, 0.717) is 0 Å². The van der Waals surface area contributed by atoms with Crippen LogP contribution < -0.4 is 4.90 Å². The Kier molecular flexibility index (Phi) is 9.69. The quantitative estimate of drug-likeness (QED) is 0.143. The van der Waals surface area contributed by atoms with Crippen LogP contribution in [0.5, 0.6) is 0 Å². The van der Waals surface area contributed by atoms with Crippen molar-refractivity contribution in [3.05, 3.63) is 330 Å². The average Bonchev–Trinajstić information content (AvgIpc) is 4.15. The van der Waals surface area contributed by atoms with Gasteiger partial charge in [-0.25, -0.2) is 0 Å². The lowest BCUT2D eigenvalue weighted by Crippen LogP contribution is -2.28. The predicted octanol–water partition coefficient (Wildman–Crippen LogP) is 18.0. The summed E-state index contributed by atoms with van der Waals surface area (Å²) in [5.74, 6) is 0. The summed E-state index contributed by atoms with van der Waals surface area (Å²) in [5, 5.41) is 1.10. The van der Waals surface area contributed by atoms with E-state index in [2.05, 4.69) is 278 Å². The highest BCUT2D eigenvalue weighted by Crippen LogP contribution is 2.59. The summed E-state index contributed by atoms with van der Waals surface area (Å²) in [6.07, 6.45) is 1.76. The molecule has 0 N–H and O–H groups in total. The fraction of sp³-hybridized carbons (Fsp3) is 0.0286. The average molecular weight is 918 g/mol. The molecule has 14 rings (SSSR count). The molecule has 0 atom stereocenters. The lowest BCUT2D eigenvalue weighted by atomic mass is 9.67. The van der Waals surface area contributed by atoms with Crippen LogP contribution in [0, 0.1) is 0 Å². The third-order valence-electron chi connectivity index (χ3n) is 15.5. The van der Waals surface area contributed by atoms with Gasteiger partial charge < -0.3 is 9.32 Å². The smallest absolute Gasteiger partial charge is 0.133 e. The van der Waals surface area contributed by atoms with E-state index in [1.165, 1.54) is 77.9 Å². The zero-order valence-corrected chi connectivity index (χ0v) is 39.5. The van der Waals surface area contributed by atoms with Crippen LogP contribution in [0.2, 0.25) is 0 Å². The van der Waals surface area contributed by atoms with Gasteiger partial charge >= 0.3 is 0 Å². The number of benzene rings is 11. The third kappa shape index (κ3) is 6.29. The minimum atomic E-state index is -0.477. The van der Waals surface area contributed by atoms with Crippen molar-refractivity contribution in [2.24, 2.45) is 0 Å². The Balaban J connectivity index is 0.906. The molecule has 2 nitrogen and oxygen atoms in total. The van der Waals surface area contributed by atoms with Gasteiger partial charge in [-0.3, -0.25) is 0 Å². The Morgan fingerprint density at radius 3 is 1.14 bits per heavy atom. The summed E-state index contributed by atoms with van der Waals surface area (Å²) in [6, 6.07) is 103. The molecule has 12 aromatic rings. The highest BCUT2D eigenvalue weighted by Gasteiger charge is 2.47. The zero-order chi connectivity index (χ0) is 47.6. The molecule has 338 valence electrons. The van der Waals surface area contributed by atoms with E-state index < -0.39 is 10.8 Å². The van der Waals surface area contributed by atoms with Gasteiger partial charge in [0.25, 0.3) is 0 Å². The number of hydrogen-bond donors (Lipinski definition) is 0. The number of anilines is 3.